The van der Waals surface area contributed by atoms with Crippen LogP contribution in [-0.4, -0.2) is 28.1 Å². The summed E-state index contributed by atoms with van der Waals surface area (Å²) in [6.45, 7) is 8.60. The number of aromatic nitrogens is 2. The van der Waals surface area contributed by atoms with Crippen molar-refractivity contribution >= 4 is 0 Å². The van der Waals surface area contributed by atoms with Crippen LogP contribution in [0.5, 0.6) is 0 Å². The van der Waals surface area contributed by atoms with E-state index in [0.717, 1.165) is 30.9 Å². The van der Waals surface area contributed by atoms with Gasteiger partial charge in [-0.15, -0.1) is 0 Å². The zero-order chi connectivity index (χ0) is 15.7. The molecule has 0 unspecified atom stereocenters. The first-order chi connectivity index (χ1) is 10.4. The molecule has 0 aliphatic carbocycles. The first-order valence-electron chi connectivity index (χ1n) is 7.73. The molecule has 1 aliphatic rings. The topological polar surface area (TPSA) is 42.2 Å². The highest BCUT2D eigenvalue weighted by molar-refractivity contribution is 5.17. The van der Waals surface area contributed by atoms with Crippen molar-refractivity contribution in [1.82, 2.24) is 15.0 Å². The summed E-state index contributed by atoms with van der Waals surface area (Å²) in [7, 11) is 0. The van der Waals surface area contributed by atoms with Crippen molar-refractivity contribution in [3.8, 4) is 0 Å². The Morgan fingerprint density at radius 1 is 1.32 bits per heavy atom. The van der Waals surface area contributed by atoms with Gasteiger partial charge in [-0.25, -0.2) is 4.39 Å². The molecule has 2 heterocycles. The number of likely N-dealkylation sites (tertiary alicyclic amines) is 1. The van der Waals surface area contributed by atoms with Crippen molar-refractivity contribution in [2.45, 2.75) is 45.1 Å². The molecule has 0 saturated carbocycles. The van der Waals surface area contributed by atoms with Crippen molar-refractivity contribution in [1.29, 1.82) is 0 Å². The second-order valence-corrected chi connectivity index (χ2v) is 7.02. The quantitative estimate of drug-likeness (QED) is 0.870. The summed E-state index contributed by atoms with van der Waals surface area (Å²) in [6.07, 6.45) is 0.972. The zero-order valence-corrected chi connectivity index (χ0v) is 13.3. The van der Waals surface area contributed by atoms with Gasteiger partial charge in [0.25, 0.3) is 0 Å². The maximum Gasteiger partial charge on any atom is 0.231 e. The minimum atomic E-state index is -0.140. The average molecular weight is 303 g/mol. The normalized spacial score (nSPS) is 19.7. The molecule has 118 valence electrons. The van der Waals surface area contributed by atoms with E-state index in [-0.39, 0.29) is 17.2 Å². The summed E-state index contributed by atoms with van der Waals surface area (Å²) in [4.78, 5) is 6.78. The van der Waals surface area contributed by atoms with E-state index in [1.165, 1.54) is 6.07 Å². The molecular weight excluding hydrogens is 281 g/mol. The smallest absolute Gasteiger partial charge is 0.231 e. The maximum absolute atomic E-state index is 13.7. The van der Waals surface area contributed by atoms with Crippen LogP contribution in [0.3, 0.4) is 0 Å². The third-order valence-electron chi connectivity index (χ3n) is 4.09. The van der Waals surface area contributed by atoms with Crippen molar-refractivity contribution in [3.63, 3.8) is 0 Å². The Bertz CT molecular complexity index is 647. The van der Waals surface area contributed by atoms with Crippen LogP contribution in [0.2, 0.25) is 0 Å². The summed E-state index contributed by atoms with van der Waals surface area (Å²) in [5, 5.41) is 4.09. The summed E-state index contributed by atoms with van der Waals surface area (Å²) in [5.74, 6) is 1.56. The minimum absolute atomic E-state index is 0.104. The molecule has 0 bridgehead atoms. The summed E-state index contributed by atoms with van der Waals surface area (Å²) in [5.41, 5.74) is 0.636. The molecule has 1 saturated heterocycles. The lowest BCUT2D eigenvalue weighted by molar-refractivity contribution is 0.303. The van der Waals surface area contributed by atoms with Crippen LogP contribution in [0.15, 0.2) is 28.8 Å². The molecule has 2 aromatic rings. The predicted molar refractivity (Wildman–Crippen MR) is 82.0 cm³/mol. The van der Waals surface area contributed by atoms with E-state index in [9.17, 15) is 4.39 Å². The summed E-state index contributed by atoms with van der Waals surface area (Å²) >= 11 is 0. The molecule has 1 aromatic heterocycles. The lowest BCUT2D eigenvalue weighted by Gasteiger charge is -2.15. The second kappa shape index (κ2) is 5.80. The highest BCUT2D eigenvalue weighted by Gasteiger charge is 2.30. The number of nitrogens with zero attached hydrogens (tertiary/aromatic N) is 3. The maximum atomic E-state index is 13.7. The van der Waals surface area contributed by atoms with Gasteiger partial charge in [-0.1, -0.05) is 44.1 Å². The highest BCUT2D eigenvalue weighted by Crippen LogP contribution is 2.29. The van der Waals surface area contributed by atoms with E-state index in [1.807, 2.05) is 12.1 Å². The van der Waals surface area contributed by atoms with Crippen LogP contribution in [0, 0.1) is 5.82 Å². The number of hydrogen-bond acceptors (Lipinski definition) is 4. The van der Waals surface area contributed by atoms with E-state index in [0.29, 0.717) is 12.4 Å². The molecule has 0 amide bonds. The van der Waals surface area contributed by atoms with Gasteiger partial charge in [0, 0.05) is 24.1 Å². The Kier molecular flexibility index (Phi) is 4.00. The Labute approximate surface area is 130 Å². The lowest BCUT2D eigenvalue weighted by Crippen LogP contribution is -2.20. The summed E-state index contributed by atoms with van der Waals surface area (Å²) in [6, 6.07) is 6.95. The first kappa shape index (κ1) is 15.2. The predicted octanol–water partition coefficient (Wildman–Crippen LogP) is 3.50. The molecule has 4 nitrogen and oxygen atoms in total. The van der Waals surface area contributed by atoms with Crippen molar-refractivity contribution in [2.75, 3.05) is 13.1 Å². The first-order valence-corrected chi connectivity index (χ1v) is 7.73. The molecule has 1 atom stereocenters. The van der Waals surface area contributed by atoms with Crippen LogP contribution in [0.1, 0.15) is 50.4 Å². The van der Waals surface area contributed by atoms with Gasteiger partial charge >= 0.3 is 0 Å². The van der Waals surface area contributed by atoms with E-state index in [1.54, 1.807) is 6.07 Å². The average Bonchev–Trinajstić information content (AvgIpc) is 3.09. The van der Waals surface area contributed by atoms with Gasteiger partial charge in [0.1, 0.15) is 5.82 Å². The standard InChI is InChI=1S/C17H22FN3O/c1-17(2,3)16-19-15(22-20-16)13-8-9-21(11-13)10-12-6-4-5-7-14(12)18/h4-7,13H,8-11H2,1-3H3/t13-/m1/s1. The molecule has 0 spiro atoms. The molecule has 1 fully saturated rings. The van der Waals surface area contributed by atoms with Gasteiger partial charge in [0.2, 0.25) is 5.89 Å². The summed E-state index contributed by atoms with van der Waals surface area (Å²) < 4.78 is 19.2. The molecule has 5 heteroatoms. The lowest BCUT2D eigenvalue weighted by atomic mass is 9.96. The van der Waals surface area contributed by atoms with Gasteiger partial charge in [-0.2, -0.15) is 4.98 Å². The Balaban J connectivity index is 1.65. The fourth-order valence-corrected chi connectivity index (χ4v) is 2.75. The van der Waals surface area contributed by atoms with Crippen LogP contribution < -0.4 is 0 Å². The fourth-order valence-electron chi connectivity index (χ4n) is 2.75. The fraction of sp³-hybridized carbons (Fsp3) is 0.529. The van der Waals surface area contributed by atoms with E-state index >= 15 is 0 Å². The highest BCUT2D eigenvalue weighted by atomic mass is 19.1. The zero-order valence-electron chi connectivity index (χ0n) is 13.3. The van der Waals surface area contributed by atoms with Crippen LogP contribution in [0.4, 0.5) is 4.39 Å². The molecule has 3 rings (SSSR count). The van der Waals surface area contributed by atoms with Gasteiger partial charge < -0.3 is 4.52 Å². The Morgan fingerprint density at radius 2 is 2.09 bits per heavy atom. The van der Waals surface area contributed by atoms with Crippen molar-refractivity contribution in [3.05, 3.63) is 47.4 Å². The number of halogens is 1. The van der Waals surface area contributed by atoms with Crippen LogP contribution >= 0.6 is 0 Å². The molecular formula is C17H22FN3O. The molecule has 1 aromatic carbocycles. The second-order valence-electron chi connectivity index (χ2n) is 7.02. The van der Waals surface area contributed by atoms with E-state index in [4.69, 9.17) is 4.52 Å². The number of hydrogen-bond donors (Lipinski definition) is 0. The SMILES string of the molecule is CC(C)(C)c1noc([C@@H]2CCN(Cc3ccccc3F)C2)n1. The Hall–Kier alpha value is -1.75. The third-order valence-corrected chi connectivity index (χ3v) is 4.09. The van der Waals surface area contributed by atoms with Crippen molar-refractivity contribution in [2.24, 2.45) is 0 Å². The molecule has 0 radical (unpaired) electrons. The van der Waals surface area contributed by atoms with Gasteiger partial charge in [-0.3, -0.25) is 4.90 Å². The van der Waals surface area contributed by atoms with Gasteiger partial charge in [0.05, 0.1) is 5.92 Å². The van der Waals surface area contributed by atoms with Gasteiger partial charge in [-0.05, 0) is 19.0 Å². The van der Waals surface area contributed by atoms with Gasteiger partial charge in [0.15, 0.2) is 5.82 Å². The van der Waals surface area contributed by atoms with E-state index < -0.39 is 0 Å². The molecule has 1 aliphatic heterocycles. The third kappa shape index (κ3) is 3.19. The molecule has 0 N–H and O–H groups in total. The van der Waals surface area contributed by atoms with E-state index in [2.05, 4.69) is 35.8 Å². The van der Waals surface area contributed by atoms with Crippen LogP contribution in [0.25, 0.3) is 0 Å². The Morgan fingerprint density at radius 3 is 2.77 bits per heavy atom. The van der Waals surface area contributed by atoms with Crippen LogP contribution in [-0.2, 0) is 12.0 Å². The van der Waals surface area contributed by atoms with Crippen molar-refractivity contribution < 1.29 is 8.91 Å². The number of rotatable bonds is 3. The molecule has 22 heavy (non-hydrogen) atoms. The largest absolute Gasteiger partial charge is 0.339 e. The number of benzene rings is 1. The monoisotopic (exact) mass is 303 g/mol. The minimum Gasteiger partial charge on any atom is -0.339 e.